The highest BCUT2D eigenvalue weighted by atomic mass is 16.5. The summed E-state index contributed by atoms with van der Waals surface area (Å²) in [6.07, 6.45) is 4.49. The Balaban J connectivity index is 1.17. The van der Waals surface area contributed by atoms with Gasteiger partial charge in [0.15, 0.2) is 0 Å². The Bertz CT molecular complexity index is 2690. The number of methoxy groups -OCH3 is 1. The van der Waals surface area contributed by atoms with Crippen LogP contribution >= 0.6 is 0 Å². The summed E-state index contributed by atoms with van der Waals surface area (Å²) in [5.41, 5.74) is 9.16. The maximum absolute atomic E-state index is 14.6. The summed E-state index contributed by atoms with van der Waals surface area (Å²) >= 11 is 0. The van der Waals surface area contributed by atoms with Crippen molar-refractivity contribution < 1.29 is 43.3 Å². The number of hydrazine groups is 1. The molecule has 2 aromatic heterocycles. The summed E-state index contributed by atoms with van der Waals surface area (Å²) in [6, 6.07) is 13.4. The molecule has 0 radical (unpaired) electrons. The summed E-state index contributed by atoms with van der Waals surface area (Å²) in [5.74, 6) is 3.57. The first-order valence-corrected chi connectivity index (χ1v) is 25.1. The molecule has 0 bridgehead atoms. The fraction of sp³-hybridized carbons (Fsp3) is 0.527. The van der Waals surface area contributed by atoms with Crippen LogP contribution in [0.15, 0.2) is 54.7 Å². The van der Waals surface area contributed by atoms with Crippen molar-refractivity contribution in [1.82, 2.24) is 40.0 Å². The average molecular weight is 989 g/mol. The van der Waals surface area contributed by atoms with Gasteiger partial charge in [-0.1, -0.05) is 45.7 Å². The van der Waals surface area contributed by atoms with E-state index >= 15 is 0 Å². The second kappa shape index (κ2) is 23.0. The standard InChI is InChI=1S/C55H72N8O9/c1-10-62-47-16-15-38(28-43(47)44(29-54(4,5)32-72-35-64)50(62)42-14-13-20-56-46(42)31-70-9)40-24-37(25-41(65)27-40)26-45(53(69)63-22-12-11-21-57-63)58-51(67)49(36(2)3)60(8)52(68)39-18-23-61(30-39)48(66)17-19-55(59(6)7)33-71-34-55/h13-16,20,24-25,27-28,35-36,39,45,49,57,65H,10-12,18,21-23,26,29-34H2,1-9H3,(H,58,67). The molecule has 3 N–H and O–H groups in total. The number of likely N-dealkylation sites (N-methyl/N-ethyl adjacent to an activating group) is 2. The molecule has 72 heavy (non-hydrogen) atoms. The number of nitrogens with one attached hydrogen (secondary N) is 2. The zero-order valence-corrected chi connectivity index (χ0v) is 43.4. The number of hydrogen-bond acceptors (Lipinski definition) is 12. The Morgan fingerprint density at radius 2 is 1.85 bits per heavy atom. The van der Waals surface area contributed by atoms with Crippen LogP contribution in [0.5, 0.6) is 5.75 Å². The number of pyridine rings is 1. The van der Waals surface area contributed by atoms with Crippen LogP contribution in [0.25, 0.3) is 33.3 Å². The van der Waals surface area contributed by atoms with Crippen molar-refractivity contribution in [3.8, 4) is 40.0 Å². The van der Waals surface area contributed by atoms with Crippen LogP contribution in [-0.2, 0) is 64.2 Å². The van der Waals surface area contributed by atoms with Gasteiger partial charge in [-0.3, -0.25) is 38.9 Å². The number of carbonyl (C=O) groups excluding carboxylic acids is 5. The predicted octanol–water partition coefficient (Wildman–Crippen LogP) is 4.80. The molecule has 17 nitrogen and oxygen atoms in total. The Labute approximate surface area is 423 Å². The second-order valence-electron chi connectivity index (χ2n) is 20.8. The lowest BCUT2D eigenvalue weighted by atomic mass is 9.84. The number of hydrogen-bond donors (Lipinski definition) is 3. The van der Waals surface area contributed by atoms with Gasteiger partial charge in [0, 0.05) is 81.4 Å². The number of fused-ring (bicyclic) bond motifs is 1. The van der Waals surface area contributed by atoms with Crippen molar-refractivity contribution in [2.24, 2.45) is 17.3 Å². The molecule has 3 fully saturated rings. The van der Waals surface area contributed by atoms with Gasteiger partial charge < -0.3 is 39.0 Å². The fourth-order valence-electron chi connectivity index (χ4n) is 10.3. The van der Waals surface area contributed by atoms with Crippen molar-refractivity contribution in [3.63, 3.8) is 0 Å². The lowest BCUT2D eigenvalue weighted by Gasteiger charge is -2.42. The molecule has 5 heterocycles. The van der Waals surface area contributed by atoms with Crippen LogP contribution in [0.1, 0.15) is 70.7 Å². The number of likely N-dealkylation sites (tertiary alicyclic amines) is 1. The highest BCUT2D eigenvalue weighted by molar-refractivity contribution is 5.97. The number of aromatic nitrogens is 2. The van der Waals surface area contributed by atoms with Gasteiger partial charge in [-0.15, -0.1) is 0 Å². The van der Waals surface area contributed by atoms with E-state index in [0.717, 1.165) is 51.8 Å². The van der Waals surface area contributed by atoms with Crippen molar-refractivity contribution in [2.45, 2.75) is 97.5 Å². The molecule has 4 aromatic rings. The highest BCUT2D eigenvalue weighted by Crippen LogP contribution is 2.41. The first-order valence-electron chi connectivity index (χ1n) is 25.1. The van der Waals surface area contributed by atoms with Crippen LogP contribution in [-0.4, -0.2) is 156 Å². The third-order valence-electron chi connectivity index (χ3n) is 14.3. The van der Waals surface area contributed by atoms with Gasteiger partial charge in [-0.2, -0.15) is 0 Å². The molecule has 3 aliphatic heterocycles. The molecule has 4 amide bonds. The normalized spacial score (nSPS) is 17.5. The van der Waals surface area contributed by atoms with Gasteiger partial charge in [0.05, 0.1) is 43.7 Å². The quantitative estimate of drug-likeness (QED) is 0.0862. The minimum atomic E-state index is -1.06. The van der Waals surface area contributed by atoms with Crippen molar-refractivity contribution in [1.29, 1.82) is 0 Å². The number of aryl methyl sites for hydroxylation is 1. The van der Waals surface area contributed by atoms with Gasteiger partial charge in [0.2, 0.25) is 11.8 Å². The van der Waals surface area contributed by atoms with E-state index in [2.05, 4.69) is 66.1 Å². The van der Waals surface area contributed by atoms with E-state index in [9.17, 15) is 29.1 Å². The van der Waals surface area contributed by atoms with Gasteiger partial charge >= 0.3 is 0 Å². The van der Waals surface area contributed by atoms with Crippen LogP contribution < -0.4 is 10.7 Å². The summed E-state index contributed by atoms with van der Waals surface area (Å²) in [5, 5.41) is 17.0. The summed E-state index contributed by atoms with van der Waals surface area (Å²) in [7, 11) is 7.05. The molecular formula is C55H72N8O9. The second-order valence-corrected chi connectivity index (χ2v) is 20.8. The van der Waals surface area contributed by atoms with Crippen molar-refractivity contribution in [2.75, 3.05) is 74.3 Å². The Kier molecular flexibility index (Phi) is 17.1. The van der Waals surface area contributed by atoms with E-state index in [1.165, 1.54) is 4.90 Å². The Morgan fingerprint density at radius 1 is 1.07 bits per heavy atom. The number of nitrogens with zero attached hydrogens (tertiary/aromatic N) is 6. The molecule has 3 aliphatic rings. The predicted molar refractivity (Wildman–Crippen MR) is 274 cm³/mol. The summed E-state index contributed by atoms with van der Waals surface area (Å²) in [4.78, 5) is 77.5. The molecule has 386 valence electrons. The Morgan fingerprint density at radius 3 is 2.50 bits per heavy atom. The first-order chi connectivity index (χ1) is 34.4. The SMILES string of the molecule is CCn1c(-c2cccnc2COC)c(CC(C)(C)COC=O)c2cc(-c3cc(O)cc(CC(NC(=O)C(C(C)C)N(C)C(=O)C4CCN(C(=O)C#CC5(N(C)C)COC5)C4)C(=O)N4CCCCN4)c3)ccc21. The lowest BCUT2D eigenvalue weighted by molar-refractivity contribution is -0.145. The molecule has 7 rings (SSSR count). The van der Waals surface area contributed by atoms with Crippen LogP contribution in [0.3, 0.4) is 0 Å². The van der Waals surface area contributed by atoms with E-state index in [0.29, 0.717) is 76.4 Å². The van der Waals surface area contributed by atoms with Crippen molar-refractivity contribution >= 4 is 41.0 Å². The lowest BCUT2D eigenvalue weighted by Crippen LogP contribution is -2.59. The molecule has 3 atom stereocenters. The zero-order valence-electron chi connectivity index (χ0n) is 43.4. The van der Waals surface area contributed by atoms with Gasteiger partial charge in [0.1, 0.15) is 23.4 Å². The average Bonchev–Trinajstić information content (AvgIpc) is 3.95. The Hall–Kier alpha value is -6.32. The number of carbonyl (C=O) groups is 5. The van der Waals surface area contributed by atoms with E-state index in [1.54, 1.807) is 42.4 Å². The minimum Gasteiger partial charge on any atom is -0.508 e. The molecule has 0 aliphatic carbocycles. The molecule has 2 aromatic carbocycles. The summed E-state index contributed by atoms with van der Waals surface area (Å²) < 4.78 is 18.5. The van der Waals surface area contributed by atoms with E-state index in [1.807, 2.05) is 51.0 Å². The zero-order chi connectivity index (χ0) is 51.9. The van der Waals surface area contributed by atoms with Crippen molar-refractivity contribution in [3.05, 3.63) is 71.5 Å². The first kappa shape index (κ1) is 53.5. The van der Waals surface area contributed by atoms with Crippen LogP contribution in [0.2, 0.25) is 0 Å². The third-order valence-corrected chi connectivity index (χ3v) is 14.3. The summed E-state index contributed by atoms with van der Waals surface area (Å²) in [6.45, 7) is 14.1. The monoisotopic (exact) mass is 989 g/mol. The number of aromatic hydroxyl groups is 1. The number of phenolic OH excluding ortho intramolecular Hbond substituents is 1. The van der Waals surface area contributed by atoms with Crippen LogP contribution in [0.4, 0.5) is 0 Å². The molecular weight excluding hydrogens is 917 g/mol. The molecule has 3 saturated heterocycles. The van der Waals surface area contributed by atoms with Crippen LogP contribution in [0, 0.1) is 29.1 Å². The number of rotatable bonds is 19. The number of benzene rings is 2. The van der Waals surface area contributed by atoms with Gasteiger partial charge in [0.25, 0.3) is 18.3 Å². The highest BCUT2D eigenvalue weighted by Gasteiger charge is 2.41. The van der Waals surface area contributed by atoms with E-state index < -0.39 is 34.9 Å². The van der Waals surface area contributed by atoms with Gasteiger partial charge in [-0.05, 0) is 117 Å². The molecule has 0 spiro atoms. The number of phenols is 1. The molecule has 0 saturated carbocycles. The maximum atomic E-state index is 14.6. The number of amides is 4. The molecule has 3 unspecified atom stereocenters. The van der Waals surface area contributed by atoms with Gasteiger partial charge in [-0.25, -0.2) is 5.43 Å². The maximum Gasteiger partial charge on any atom is 0.298 e. The third kappa shape index (κ3) is 11.8. The molecule has 17 heteroatoms. The number of ether oxygens (including phenoxy) is 3. The smallest absolute Gasteiger partial charge is 0.298 e. The topological polar surface area (TPSA) is 188 Å². The van der Waals surface area contributed by atoms with E-state index in [-0.39, 0.29) is 49.0 Å². The van der Waals surface area contributed by atoms with E-state index in [4.69, 9.17) is 19.2 Å². The largest absolute Gasteiger partial charge is 0.508 e. The minimum absolute atomic E-state index is 0.00955. The fourth-order valence-corrected chi connectivity index (χ4v) is 10.3.